The highest BCUT2D eigenvalue weighted by Gasteiger charge is 2.50. The number of anilines is 3. The van der Waals surface area contributed by atoms with Crippen LogP contribution in [-0.4, -0.2) is 67.3 Å². The Labute approximate surface area is 502 Å². The smallest absolute Gasteiger partial charge is 0.508 e. The maximum absolute atomic E-state index is 13.2. The van der Waals surface area contributed by atoms with Crippen molar-refractivity contribution in [2.45, 2.75) is 64.8 Å². The van der Waals surface area contributed by atoms with Crippen LogP contribution in [0.4, 0.5) is 34.3 Å². The molecule has 4 N–H and O–H groups in total. The fourth-order valence-corrected chi connectivity index (χ4v) is 12.1. The lowest BCUT2D eigenvalue weighted by atomic mass is 9.69. The number of ether oxygens (including phenoxy) is 3. The number of carbonyl (C=O) groups is 3. The zero-order valence-corrected chi connectivity index (χ0v) is 49.4. The Kier molecular flexibility index (Phi) is 16.4. The Hall–Kier alpha value is -9.36. The SMILES string of the molecule is CC(C)(C(=O)Nc1nncs1)[C@H]1c2ccccc2Oc2cc(O)ccc21.CC(C)(C(=O)Nc1nncs1)[C@H]1c2ccccc2Oc2cc(OS(=O)(=O)C(F)(F)F)ccc21.[C-]#[N+]c1ccc2c(c1)Oc1ccccc1[C@@H]2C(C)(C)C(=O)Nc1nncs1. The standard InChI is InChI=1S/C20H16F3N3O5S2.C20H16N4O2S.C19H17N3O3S/c1-19(2,17(27)25-18-26-24-10-32-18)16-12-5-3-4-6-14(12)30-15-9-11(7-8-13(15)16)31-33(28,29)20(21,22)23;1-20(2,18(25)23-19-24-22-11-27-19)17-13-6-4-5-7-15(13)26-16-10-12(21-3)8-9-14(16)17;1-19(2,17(24)21-18-22-20-10-26-18)16-12-5-3-4-6-14(12)25-15-9-11(23)7-8-13(15)16/h3-10,16H,1-2H3,(H,25,26,27);4-11,17H,1-2H3,(H,23,24,25);3-10,16,23H,1-2H3,(H,21,22,24)/t16-;17-;16-/m000/s1. The number of rotatable bonds is 11. The molecule has 3 atom stereocenters. The first-order chi connectivity index (χ1) is 40.9. The third-order valence-corrected chi connectivity index (χ3v) is 17.3. The van der Waals surface area contributed by atoms with Crippen molar-refractivity contribution in [2.75, 3.05) is 16.0 Å². The predicted octanol–water partition coefficient (Wildman–Crippen LogP) is 13.8. The maximum Gasteiger partial charge on any atom is 0.534 e. The van der Waals surface area contributed by atoms with Crippen molar-refractivity contribution in [2.24, 2.45) is 16.2 Å². The van der Waals surface area contributed by atoms with Gasteiger partial charge in [0.2, 0.25) is 33.1 Å². The van der Waals surface area contributed by atoms with Crippen LogP contribution in [0.5, 0.6) is 46.0 Å². The first-order valence-electron chi connectivity index (χ1n) is 25.9. The number of hydrogen-bond acceptors (Lipinski definition) is 19. The van der Waals surface area contributed by atoms with Crippen LogP contribution in [0.2, 0.25) is 0 Å². The zero-order chi connectivity index (χ0) is 61.3. The number of fused-ring (bicyclic) bond motifs is 6. The average molecular weight is 1240 g/mol. The molecule has 0 saturated heterocycles. The Morgan fingerprint density at radius 2 is 0.872 bits per heavy atom. The Balaban J connectivity index is 0.000000144. The second kappa shape index (κ2) is 23.6. The molecule has 20 nitrogen and oxygen atoms in total. The molecule has 0 fully saturated rings. The predicted molar refractivity (Wildman–Crippen MR) is 315 cm³/mol. The van der Waals surface area contributed by atoms with Crippen LogP contribution < -0.4 is 34.3 Å². The number of alkyl halides is 3. The number of hydrogen-bond donors (Lipinski definition) is 4. The molecule has 0 saturated carbocycles. The molecule has 3 aliphatic heterocycles. The number of amides is 3. The molecule has 86 heavy (non-hydrogen) atoms. The van der Waals surface area contributed by atoms with Gasteiger partial charge in [-0.25, -0.2) is 4.85 Å². The van der Waals surface area contributed by atoms with Gasteiger partial charge in [-0.15, -0.1) is 30.6 Å². The van der Waals surface area contributed by atoms with Gasteiger partial charge in [-0.05, 0) is 36.4 Å². The number of para-hydroxylation sites is 3. The van der Waals surface area contributed by atoms with Crippen LogP contribution in [-0.2, 0) is 24.5 Å². The van der Waals surface area contributed by atoms with E-state index >= 15 is 0 Å². The van der Waals surface area contributed by atoms with Crippen molar-refractivity contribution in [3.63, 3.8) is 0 Å². The van der Waals surface area contributed by atoms with Gasteiger partial charge in [0.1, 0.15) is 62.5 Å². The van der Waals surface area contributed by atoms with Gasteiger partial charge in [0.15, 0.2) is 5.69 Å². The van der Waals surface area contributed by atoms with Crippen LogP contribution in [0.15, 0.2) is 144 Å². The fraction of sp³-hybridized carbons (Fsp3) is 0.220. The number of phenols is 1. The molecule has 0 aliphatic carbocycles. The van der Waals surface area contributed by atoms with Crippen LogP contribution in [0.3, 0.4) is 0 Å². The van der Waals surface area contributed by atoms with Gasteiger partial charge in [0.25, 0.3) is 0 Å². The van der Waals surface area contributed by atoms with E-state index in [1.165, 1.54) is 34.3 Å². The van der Waals surface area contributed by atoms with Gasteiger partial charge >= 0.3 is 15.6 Å². The summed E-state index contributed by atoms with van der Waals surface area (Å²) < 4.78 is 83.0. The fourth-order valence-electron chi connectivity index (χ4n) is 10.3. The molecule has 9 aromatic rings. The van der Waals surface area contributed by atoms with E-state index in [1.807, 2.05) is 88.4 Å². The number of nitrogens with zero attached hydrogens (tertiary/aromatic N) is 7. The van der Waals surface area contributed by atoms with Crippen molar-refractivity contribution in [1.29, 1.82) is 0 Å². The summed E-state index contributed by atoms with van der Waals surface area (Å²) in [6.45, 7) is 18.3. The molecule has 0 spiro atoms. The van der Waals surface area contributed by atoms with Crippen LogP contribution in [0.1, 0.15) is 92.7 Å². The van der Waals surface area contributed by atoms with Crippen LogP contribution in [0.25, 0.3) is 4.85 Å². The van der Waals surface area contributed by atoms with Gasteiger partial charge in [-0.3, -0.25) is 14.4 Å². The van der Waals surface area contributed by atoms with Gasteiger partial charge in [0, 0.05) is 63.3 Å². The highest BCUT2D eigenvalue weighted by Crippen LogP contribution is 2.56. The summed E-state index contributed by atoms with van der Waals surface area (Å²) in [5.41, 5.74) is 1.65. The summed E-state index contributed by atoms with van der Waals surface area (Å²) in [6.07, 6.45) is 0. The second-order valence-electron chi connectivity index (χ2n) is 21.2. The van der Waals surface area contributed by atoms with E-state index in [1.54, 1.807) is 73.4 Å². The number of halogens is 3. The van der Waals surface area contributed by atoms with E-state index in [0.29, 0.717) is 61.0 Å². The molecule has 27 heteroatoms. The summed E-state index contributed by atoms with van der Waals surface area (Å²) in [5, 5.41) is 42.3. The number of aromatic nitrogens is 6. The molecular weight excluding hydrogens is 1190 g/mol. The largest absolute Gasteiger partial charge is 0.534 e. The molecule has 3 aromatic heterocycles. The van der Waals surface area contributed by atoms with Crippen molar-refractivity contribution in [3.05, 3.63) is 189 Å². The topological polar surface area (TPSA) is 260 Å². The molecule has 3 amide bonds. The van der Waals surface area contributed by atoms with Crippen molar-refractivity contribution in [1.82, 2.24) is 30.6 Å². The summed E-state index contributed by atoms with van der Waals surface area (Å²) in [7, 11) is -5.85. The minimum absolute atomic E-state index is 0.0744. The molecule has 440 valence electrons. The summed E-state index contributed by atoms with van der Waals surface area (Å²) in [4.78, 5) is 42.8. The molecule has 6 aromatic carbocycles. The Bertz CT molecular complexity index is 4180. The second-order valence-corrected chi connectivity index (χ2v) is 25.3. The van der Waals surface area contributed by atoms with Crippen LogP contribution in [0, 0.1) is 22.8 Å². The number of aromatic hydroxyl groups is 1. The normalized spacial score (nSPS) is 15.5. The van der Waals surface area contributed by atoms with Gasteiger partial charge in [0.05, 0.1) is 22.8 Å². The number of carbonyl (C=O) groups excluding carboxylic acids is 3. The highest BCUT2D eigenvalue weighted by molar-refractivity contribution is 7.88. The lowest BCUT2D eigenvalue weighted by molar-refractivity contribution is -0.125. The average Bonchev–Trinajstić information content (AvgIpc) is 1.01. The monoisotopic (exact) mass is 1240 g/mol. The number of nitrogens with one attached hydrogen (secondary N) is 3. The van der Waals surface area contributed by atoms with E-state index in [4.69, 9.17) is 20.8 Å². The van der Waals surface area contributed by atoms with E-state index in [2.05, 4.69) is 55.6 Å². The molecule has 6 heterocycles. The van der Waals surface area contributed by atoms with Gasteiger partial charge < -0.3 is 39.5 Å². The lowest BCUT2D eigenvalue weighted by Gasteiger charge is -2.38. The van der Waals surface area contributed by atoms with E-state index in [9.17, 15) is 41.1 Å². The maximum atomic E-state index is 13.2. The third kappa shape index (κ3) is 12.0. The molecule has 3 aliphatic rings. The lowest BCUT2D eigenvalue weighted by Crippen LogP contribution is -2.38. The Morgan fingerprint density at radius 1 is 0.523 bits per heavy atom. The zero-order valence-electron chi connectivity index (χ0n) is 46.1. The molecular formula is C59H49F3N10O10S4. The first-order valence-corrected chi connectivity index (χ1v) is 29.9. The Morgan fingerprint density at radius 3 is 1.24 bits per heavy atom. The summed E-state index contributed by atoms with van der Waals surface area (Å²) >= 11 is 3.70. The molecule has 0 radical (unpaired) electrons. The van der Waals surface area contributed by atoms with Crippen molar-refractivity contribution in [3.8, 4) is 46.0 Å². The first kappa shape index (κ1) is 59.8. The van der Waals surface area contributed by atoms with Crippen molar-refractivity contribution < 1.29 is 59.5 Å². The minimum Gasteiger partial charge on any atom is -0.508 e. The number of benzene rings is 6. The summed E-state index contributed by atoms with van der Waals surface area (Å²) in [6, 6.07) is 36.1. The summed E-state index contributed by atoms with van der Waals surface area (Å²) in [5.74, 6) is 0.838. The minimum atomic E-state index is -5.85. The number of phenolic OH excluding ortho intramolecular Hbond substituents is 1. The third-order valence-electron chi connectivity index (χ3n) is 14.5. The highest BCUT2D eigenvalue weighted by atomic mass is 32.2. The molecule has 0 unspecified atom stereocenters. The van der Waals surface area contributed by atoms with E-state index in [0.717, 1.165) is 45.7 Å². The van der Waals surface area contributed by atoms with Gasteiger partial charge in [-0.2, -0.15) is 21.6 Å². The van der Waals surface area contributed by atoms with E-state index < -0.39 is 43.5 Å². The van der Waals surface area contributed by atoms with Crippen molar-refractivity contribution >= 4 is 82.9 Å². The molecule has 0 bridgehead atoms. The quantitative estimate of drug-likeness (QED) is 0.0533. The molecule has 12 rings (SSSR count). The van der Waals surface area contributed by atoms with Crippen LogP contribution >= 0.6 is 34.0 Å². The van der Waals surface area contributed by atoms with Gasteiger partial charge in [-0.1, -0.05) is 154 Å². The van der Waals surface area contributed by atoms with E-state index in [-0.39, 0.29) is 41.1 Å².